The molecule has 1 atom stereocenters. The van der Waals surface area contributed by atoms with E-state index in [-0.39, 0.29) is 12.5 Å². The quantitative estimate of drug-likeness (QED) is 0.502. The second-order valence-electron chi connectivity index (χ2n) is 1.70. The first-order valence-electron chi connectivity index (χ1n) is 2.35. The maximum absolute atomic E-state index is 8.37. The number of hydrogen-bond acceptors (Lipinski definition) is 1. The van der Waals surface area contributed by atoms with Crippen molar-refractivity contribution in [1.29, 1.82) is 0 Å². The van der Waals surface area contributed by atoms with Crippen molar-refractivity contribution in [2.75, 3.05) is 6.61 Å². The van der Waals surface area contributed by atoms with E-state index in [1.165, 1.54) is 0 Å². The third-order valence-electron chi connectivity index (χ3n) is 0.778. The molecule has 0 saturated heterocycles. The van der Waals surface area contributed by atoms with Gasteiger partial charge in [0.05, 0.1) is 0 Å². The van der Waals surface area contributed by atoms with Gasteiger partial charge >= 0.3 is 0 Å². The first-order chi connectivity index (χ1) is 3.31. The minimum Gasteiger partial charge on any atom is -0.396 e. The van der Waals surface area contributed by atoms with Gasteiger partial charge < -0.3 is 5.11 Å². The molecular weight excluding hydrogens is 88.1 g/mol. The summed E-state index contributed by atoms with van der Waals surface area (Å²) in [4.78, 5) is 0. The molecule has 0 spiro atoms. The van der Waals surface area contributed by atoms with Gasteiger partial charge in [0.15, 0.2) is 0 Å². The summed E-state index contributed by atoms with van der Waals surface area (Å²) >= 11 is 0. The first-order valence-corrected chi connectivity index (χ1v) is 2.35. The molecule has 1 nitrogen and oxygen atoms in total. The van der Waals surface area contributed by atoms with E-state index in [4.69, 9.17) is 11.5 Å². The fraction of sp³-hybridized carbons (Fsp3) is 0.667. The molecule has 0 heterocycles. The van der Waals surface area contributed by atoms with Crippen LogP contribution in [0.2, 0.25) is 0 Å². The lowest BCUT2D eigenvalue weighted by Crippen LogP contribution is -1.97. The predicted molar refractivity (Wildman–Crippen MR) is 29.7 cm³/mol. The maximum atomic E-state index is 8.37. The van der Waals surface area contributed by atoms with E-state index >= 15 is 0 Å². The van der Waals surface area contributed by atoms with Crippen LogP contribution in [-0.4, -0.2) is 11.7 Å². The number of hydrogen-bond donors (Lipinski definition) is 1. The summed E-state index contributed by atoms with van der Waals surface area (Å²) in [7, 11) is 0. The smallest absolute Gasteiger partial charge is 0.0465 e. The average molecular weight is 98.1 g/mol. The second kappa shape index (κ2) is 3.70. The standard InChI is InChI=1S/C6H10O/c1-3-4-6(2)5-7/h1,6-7H,4-5H2,2H3/t6-/m1/s1. The van der Waals surface area contributed by atoms with E-state index < -0.39 is 0 Å². The lowest BCUT2D eigenvalue weighted by molar-refractivity contribution is 0.240. The van der Waals surface area contributed by atoms with Gasteiger partial charge in [-0.05, 0) is 5.92 Å². The Labute approximate surface area is 44.4 Å². The molecule has 0 amide bonds. The van der Waals surface area contributed by atoms with Crippen molar-refractivity contribution in [3.8, 4) is 12.3 Å². The van der Waals surface area contributed by atoms with E-state index in [9.17, 15) is 0 Å². The number of terminal acetylenes is 1. The summed E-state index contributed by atoms with van der Waals surface area (Å²) in [6.07, 6.45) is 5.62. The molecule has 0 unspecified atom stereocenters. The van der Waals surface area contributed by atoms with Crippen LogP contribution in [-0.2, 0) is 0 Å². The largest absolute Gasteiger partial charge is 0.396 e. The summed E-state index contributed by atoms with van der Waals surface area (Å²) < 4.78 is 0. The van der Waals surface area contributed by atoms with Crippen LogP contribution in [0.3, 0.4) is 0 Å². The molecule has 0 aliphatic carbocycles. The van der Waals surface area contributed by atoms with Gasteiger partial charge in [0.25, 0.3) is 0 Å². The van der Waals surface area contributed by atoms with E-state index in [1.54, 1.807) is 0 Å². The molecule has 0 rings (SSSR count). The van der Waals surface area contributed by atoms with E-state index in [1.807, 2.05) is 6.92 Å². The van der Waals surface area contributed by atoms with Crippen molar-refractivity contribution in [3.05, 3.63) is 0 Å². The lowest BCUT2D eigenvalue weighted by atomic mass is 10.1. The van der Waals surface area contributed by atoms with Gasteiger partial charge in [0.2, 0.25) is 0 Å². The van der Waals surface area contributed by atoms with Crippen LogP contribution in [0, 0.1) is 18.3 Å². The Morgan fingerprint density at radius 1 is 1.86 bits per heavy atom. The molecule has 7 heavy (non-hydrogen) atoms. The number of rotatable bonds is 2. The normalized spacial score (nSPS) is 12.7. The van der Waals surface area contributed by atoms with Crippen molar-refractivity contribution >= 4 is 0 Å². The molecule has 1 N–H and O–H groups in total. The SMILES string of the molecule is C#CC[C@@H](C)CO. The molecule has 0 aliphatic rings. The average Bonchev–Trinajstić information content (AvgIpc) is 1.68. The minimum absolute atomic E-state index is 0.199. The van der Waals surface area contributed by atoms with Crippen LogP contribution in [0.5, 0.6) is 0 Å². The minimum atomic E-state index is 0.199. The van der Waals surface area contributed by atoms with Crippen LogP contribution in [0.4, 0.5) is 0 Å². The van der Waals surface area contributed by atoms with Crippen LogP contribution in [0.1, 0.15) is 13.3 Å². The maximum Gasteiger partial charge on any atom is 0.0465 e. The highest BCUT2D eigenvalue weighted by Crippen LogP contribution is 1.95. The molecule has 0 bridgehead atoms. The fourth-order valence-electron chi connectivity index (χ4n) is 0.266. The summed E-state index contributed by atoms with van der Waals surface area (Å²) in [6.45, 7) is 2.12. The zero-order chi connectivity index (χ0) is 5.70. The Morgan fingerprint density at radius 2 is 2.43 bits per heavy atom. The molecule has 0 aromatic carbocycles. The Hall–Kier alpha value is -0.480. The highest BCUT2D eigenvalue weighted by molar-refractivity contribution is 4.85. The third-order valence-corrected chi connectivity index (χ3v) is 0.778. The van der Waals surface area contributed by atoms with Crippen LogP contribution < -0.4 is 0 Å². The monoisotopic (exact) mass is 98.1 g/mol. The Balaban J connectivity index is 3.03. The molecular formula is C6H10O. The van der Waals surface area contributed by atoms with E-state index in [0.717, 1.165) is 0 Å². The molecule has 0 fully saturated rings. The topological polar surface area (TPSA) is 20.2 Å². The van der Waals surface area contributed by atoms with Crippen molar-refractivity contribution in [1.82, 2.24) is 0 Å². The lowest BCUT2D eigenvalue weighted by Gasteiger charge is -1.97. The zero-order valence-electron chi connectivity index (χ0n) is 4.52. The van der Waals surface area contributed by atoms with Crippen LogP contribution in [0.15, 0.2) is 0 Å². The fourth-order valence-corrected chi connectivity index (χ4v) is 0.266. The molecule has 0 aromatic heterocycles. The zero-order valence-corrected chi connectivity index (χ0v) is 4.52. The molecule has 0 aromatic rings. The summed E-state index contributed by atoms with van der Waals surface area (Å²) in [6, 6.07) is 0. The Bertz CT molecular complexity index is 70.7. The summed E-state index contributed by atoms with van der Waals surface area (Å²) in [5.41, 5.74) is 0. The molecule has 0 saturated carbocycles. The molecule has 0 aliphatic heterocycles. The van der Waals surface area contributed by atoms with Crippen LogP contribution >= 0.6 is 0 Å². The molecule has 1 heteroatoms. The number of aliphatic hydroxyl groups is 1. The van der Waals surface area contributed by atoms with Gasteiger partial charge in [-0.15, -0.1) is 12.3 Å². The summed E-state index contributed by atoms with van der Waals surface area (Å²) in [5, 5.41) is 8.37. The molecule has 0 radical (unpaired) electrons. The first kappa shape index (κ1) is 6.52. The van der Waals surface area contributed by atoms with Crippen LogP contribution in [0.25, 0.3) is 0 Å². The predicted octanol–water partition coefficient (Wildman–Crippen LogP) is 0.638. The highest BCUT2D eigenvalue weighted by Gasteiger charge is 1.92. The second-order valence-corrected chi connectivity index (χ2v) is 1.70. The number of aliphatic hydroxyl groups excluding tert-OH is 1. The van der Waals surface area contributed by atoms with Crippen molar-refractivity contribution in [2.24, 2.45) is 5.92 Å². The van der Waals surface area contributed by atoms with Crippen molar-refractivity contribution in [3.63, 3.8) is 0 Å². The van der Waals surface area contributed by atoms with Gasteiger partial charge in [-0.25, -0.2) is 0 Å². The van der Waals surface area contributed by atoms with Gasteiger partial charge in [-0.2, -0.15) is 0 Å². The molecule has 40 valence electrons. The van der Waals surface area contributed by atoms with Gasteiger partial charge in [-0.3, -0.25) is 0 Å². The van der Waals surface area contributed by atoms with Gasteiger partial charge in [0, 0.05) is 13.0 Å². The van der Waals surface area contributed by atoms with E-state index in [0.29, 0.717) is 6.42 Å². The Kier molecular flexibility index (Phi) is 3.45. The van der Waals surface area contributed by atoms with Crippen molar-refractivity contribution in [2.45, 2.75) is 13.3 Å². The highest BCUT2D eigenvalue weighted by atomic mass is 16.3. The third kappa shape index (κ3) is 3.35. The van der Waals surface area contributed by atoms with Gasteiger partial charge in [0.1, 0.15) is 0 Å². The van der Waals surface area contributed by atoms with Crippen molar-refractivity contribution < 1.29 is 5.11 Å². The van der Waals surface area contributed by atoms with E-state index in [2.05, 4.69) is 5.92 Å². The summed E-state index contributed by atoms with van der Waals surface area (Å²) in [5.74, 6) is 2.73. The van der Waals surface area contributed by atoms with Gasteiger partial charge in [-0.1, -0.05) is 6.92 Å². The Morgan fingerprint density at radius 3 is 2.57 bits per heavy atom.